The van der Waals surface area contributed by atoms with Crippen LogP contribution in [0.4, 0.5) is 16.2 Å². The SMILES string of the molecule is COc1ccc(N2C[C@H](CN3CCC(Oc4ccc(NC=O)cc4)CC3)OC2=O)cc1. The Morgan fingerprint density at radius 2 is 1.74 bits per heavy atom. The maximum atomic E-state index is 12.3. The maximum absolute atomic E-state index is 12.3. The van der Waals surface area contributed by atoms with Crippen LogP contribution in [0.25, 0.3) is 0 Å². The van der Waals surface area contributed by atoms with E-state index in [0.717, 1.165) is 55.3 Å². The van der Waals surface area contributed by atoms with Gasteiger partial charge in [0.1, 0.15) is 23.7 Å². The molecule has 1 N–H and O–H groups in total. The summed E-state index contributed by atoms with van der Waals surface area (Å²) in [5, 5.41) is 2.61. The van der Waals surface area contributed by atoms with E-state index in [2.05, 4.69) is 10.2 Å². The average molecular weight is 425 g/mol. The first-order chi connectivity index (χ1) is 15.1. The zero-order valence-electron chi connectivity index (χ0n) is 17.5. The summed E-state index contributed by atoms with van der Waals surface area (Å²) in [5.41, 5.74) is 1.56. The molecule has 4 rings (SSSR count). The summed E-state index contributed by atoms with van der Waals surface area (Å²) in [7, 11) is 1.62. The number of amides is 2. The van der Waals surface area contributed by atoms with Crippen molar-refractivity contribution in [1.29, 1.82) is 0 Å². The molecule has 1 atom stereocenters. The van der Waals surface area contributed by atoms with Gasteiger partial charge in [0.2, 0.25) is 6.41 Å². The second kappa shape index (κ2) is 9.70. The van der Waals surface area contributed by atoms with Gasteiger partial charge in [0.05, 0.1) is 13.7 Å². The predicted octanol–water partition coefficient (Wildman–Crippen LogP) is 3.13. The lowest BCUT2D eigenvalue weighted by molar-refractivity contribution is -0.105. The summed E-state index contributed by atoms with van der Waals surface area (Å²) in [5.74, 6) is 1.56. The smallest absolute Gasteiger partial charge is 0.414 e. The summed E-state index contributed by atoms with van der Waals surface area (Å²) in [4.78, 5) is 26.8. The number of ether oxygens (including phenoxy) is 3. The van der Waals surface area contributed by atoms with E-state index in [1.165, 1.54) is 0 Å². The van der Waals surface area contributed by atoms with E-state index in [1.54, 1.807) is 12.0 Å². The van der Waals surface area contributed by atoms with Crippen LogP contribution in [-0.2, 0) is 9.53 Å². The molecule has 8 nitrogen and oxygen atoms in total. The highest BCUT2D eigenvalue weighted by Crippen LogP contribution is 2.26. The molecule has 2 aromatic carbocycles. The Morgan fingerprint density at radius 3 is 2.39 bits per heavy atom. The molecular formula is C23H27N3O5. The van der Waals surface area contributed by atoms with Gasteiger partial charge in [-0.2, -0.15) is 0 Å². The van der Waals surface area contributed by atoms with Crippen LogP contribution >= 0.6 is 0 Å². The number of methoxy groups -OCH3 is 1. The lowest BCUT2D eigenvalue weighted by Crippen LogP contribution is -2.42. The Kier molecular flexibility index (Phi) is 6.57. The lowest BCUT2D eigenvalue weighted by Gasteiger charge is -2.33. The fraction of sp³-hybridized carbons (Fsp3) is 0.391. The third kappa shape index (κ3) is 5.27. The summed E-state index contributed by atoms with van der Waals surface area (Å²) in [6.45, 7) is 3.05. The quantitative estimate of drug-likeness (QED) is 0.655. The summed E-state index contributed by atoms with van der Waals surface area (Å²) in [6, 6.07) is 14.8. The summed E-state index contributed by atoms with van der Waals surface area (Å²) >= 11 is 0. The number of hydrogen-bond donors (Lipinski definition) is 1. The van der Waals surface area contributed by atoms with Gasteiger partial charge in [0, 0.05) is 31.0 Å². The minimum atomic E-state index is -0.305. The molecule has 0 spiro atoms. The van der Waals surface area contributed by atoms with E-state index in [4.69, 9.17) is 14.2 Å². The van der Waals surface area contributed by atoms with E-state index in [9.17, 15) is 9.59 Å². The largest absolute Gasteiger partial charge is 0.497 e. The van der Waals surface area contributed by atoms with E-state index >= 15 is 0 Å². The maximum Gasteiger partial charge on any atom is 0.414 e. The van der Waals surface area contributed by atoms with Gasteiger partial charge >= 0.3 is 6.09 Å². The molecule has 2 amide bonds. The van der Waals surface area contributed by atoms with Gasteiger partial charge in [0.15, 0.2) is 0 Å². The first-order valence-corrected chi connectivity index (χ1v) is 10.5. The Hall–Kier alpha value is -3.26. The van der Waals surface area contributed by atoms with Crippen molar-refractivity contribution in [1.82, 2.24) is 4.90 Å². The number of nitrogens with zero attached hydrogens (tertiary/aromatic N) is 2. The van der Waals surface area contributed by atoms with Gasteiger partial charge in [-0.15, -0.1) is 0 Å². The van der Waals surface area contributed by atoms with Crippen LogP contribution in [0.5, 0.6) is 11.5 Å². The molecule has 2 aliphatic heterocycles. The number of piperidine rings is 1. The van der Waals surface area contributed by atoms with Gasteiger partial charge in [-0.3, -0.25) is 14.6 Å². The fourth-order valence-electron chi connectivity index (χ4n) is 3.98. The van der Waals surface area contributed by atoms with E-state index in [0.29, 0.717) is 13.0 Å². The normalized spacial score (nSPS) is 19.7. The minimum absolute atomic E-state index is 0.148. The highest BCUT2D eigenvalue weighted by molar-refractivity contribution is 5.89. The van der Waals surface area contributed by atoms with Crippen LogP contribution in [0.3, 0.4) is 0 Å². The minimum Gasteiger partial charge on any atom is -0.497 e. The van der Waals surface area contributed by atoms with Crippen molar-refractivity contribution in [2.24, 2.45) is 0 Å². The number of rotatable bonds is 8. The van der Waals surface area contributed by atoms with Crippen molar-refractivity contribution in [2.45, 2.75) is 25.0 Å². The van der Waals surface area contributed by atoms with Gasteiger partial charge in [-0.1, -0.05) is 0 Å². The highest BCUT2D eigenvalue weighted by atomic mass is 16.6. The molecule has 0 unspecified atom stereocenters. The molecular weight excluding hydrogens is 398 g/mol. The lowest BCUT2D eigenvalue weighted by atomic mass is 10.1. The molecule has 2 saturated heterocycles. The van der Waals surface area contributed by atoms with E-state index in [-0.39, 0.29) is 18.3 Å². The average Bonchev–Trinajstić information content (AvgIpc) is 3.16. The van der Waals surface area contributed by atoms with Crippen LogP contribution in [0.15, 0.2) is 48.5 Å². The number of carbonyl (C=O) groups is 2. The molecule has 2 aromatic rings. The van der Waals surface area contributed by atoms with Crippen LogP contribution in [-0.4, -0.2) is 62.9 Å². The topological polar surface area (TPSA) is 80.3 Å². The number of carbonyl (C=O) groups excluding carboxylic acids is 2. The molecule has 0 bridgehead atoms. The number of nitrogens with one attached hydrogen (secondary N) is 1. The van der Waals surface area contributed by atoms with Crippen molar-refractivity contribution in [3.8, 4) is 11.5 Å². The number of hydrogen-bond acceptors (Lipinski definition) is 6. The van der Waals surface area contributed by atoms with Gasteiger partial charge < -0.3 is 19.5 Å². The second-order valence-corrected chi connectivity index (χ2v) is 7.72. The number of likely N-dealkylation sites (tertiary alicyclic amines) is 1. The monoisotopic (exact) mass is 425 g/mol. The summed E-state index contributed by atoms with van der Waals surface area (Å²) in [6.07, 6.45) is 2.19. The van der Waals surface area contributed by atoms with Crippen molar-refractivity contribution < 1.29 is 23.8 Å². The predicted molar refractivity (Wildman–Crippen MR) is 117 cm³/mol. The molecule has 0 aromatic heterocycles. The first kappa shape index (κ1) is 21.0. The van der Waals surface area contributed by atoms with Crippen LogP contribution in [0, 0.1) is 0 Å². The molecule has 8 heteroatoms. The van der Waals surface area contributed by atoms with Crippen LogP contribution < -0.4 is 19.7 Å². The molecule has 2 fully saturated rings. The standard InChI is InChI=1S/C23H27N3O5/c1-29-19-8-4-18(5-9-19)26-15-22(31-23(26)28)14-25-12-10-21(11-13-25)30-20-6-2-17(3-7-20)24-16-27/h2-9,16,21-22H,10-15H2,1H3,(H,24,27)/t22-/m0/s1. The van der Waals surface area contributed by atoms with E-state index < -0.39 is 0 Å². The molecule has 31 heavy (non-hydrogen) atoms. The van der Waals surface area contributed by atoms with Gasteiger partial charge in [-0.05, 0) is 61.4 Å². The fourth-order valence-corrected chi connectivity index (χ4v) is 3.98. The molecule has 0 aliphatic carbocycles. The Balaban J connectivity index is 1.23. The van der Waals surface area contributed by atoms with E-state index in [1.807, 2.05) is 48.5 Å². The van der Waals surface area contributed by atoms with Crippen molar-refractivity contribution in [3.05, 3.63) is 48.5 Å². The number of benzene rings is 2. The molecule has 0 radical (unpaired) electrons. The molecule has 0 saturated carbocycles. The summed E-state index contributed by atoms with van der Waals surface area (Å²) < 4.78 is 16.8. The second-order valence-electron chi connectivity index (χ2n) is 7.72. The van der Waals surface area contributed by atoms with Crippen molar-refractivity contribution >= 4 is 23.9 Å². The molecule has 164 valence electrons. The zero-order valence-corrected chi connectivity index (χ0v) is 17.5. The van der Waals surface area contributed by atoms with Gasteiger partial charge in [-0.25, -0.2) is 4.79 Å². The third-order valence-corrected chi connectivity index (χ3v) is 5.64. The van der Waals surface area contributed by atoms with Crippen LogP contribution in [0.2, 0.25) is 0 Å². The van der Waals surface area contributed by atoms with Crippen molar-refractivity contribution in [3.63, 3.8) is 0 Å². The van der Waals surface area contributed by atoms with Crippen molar-refractivity contribution in [2.75, 3.05) is 43.5 Å². The zero-order chi connectivity index (χ0) is 21.6. The molecule has 2 aliphatic rings. The highest BCUT2D eigenvalue weighted by Gasteiger charge is 2.34. The Bertz CT molecular complexity index is 879. The Morgan fingerprint density at radius 1 is 1.06 bits per heavy atom. The molecule has 2 heterocycles. The third-order valence-electron chi connectivity index (χ3n) is 5.64. The number of anilines is 2. The van der Waals surface area contributed by atoms with Gasteiger partial charge in [0.25, 0.3) is 0 Å². The number of cyclic esters (lactones) is 1. The first-order valence-electron chi connectivity index (χ1n) is 10.5. The van der Waals surface area contributed by atoms with Crippen LogP contribution in [0.1, 0.15) is 12.8 Å². The Labute approximate surface area is 181 Å².